The molecule has 1 aromatic rings. The van der Waals surface area contributed by atoms with Crippen molar-refractivity contribution in [3.05, 3.63) is 23.3 Å². The molecule has 0 unspecified atom stereocenters. The van der Waals surface area contributed by atoms with E-state index in [9.17, 15) is 9.59 Å². The molecular weight excluding hydrogens is 320 g/mol. The average molecular weight is 348 g/mol. The third-order valence-electron chi connectivity index (χ3n) is 5.02. The van der Waals surface area contributed by atoms with Crippen LogP contribution in [0.25, 0.3) is 0 Å². The number of carbonyl (C=O) groups is 2. The number of amides is 2. The smallest absolute Gasteiger partial charge is 0.251 e. The Labute approximate surface area is 149 Å². The first kappa shape index (κ1) is 19.1. The number of hydrogen-bond acceptors (Lipinski definition) is 4. The molecule has 1 fully saturated rings. The second-order valence-corrected chi connectivity index (χ2v) is 6.88. The van der Waals surface area contributed by atoms with E-state index in [1.807, 2.05) is 6.92 Å². The zero-order valence-corrected chi connectivity index (χ0v) is 15.8. The molecule has 0 aliphatic heterocycles. The largest absolute Gasteiger partial charge is 0.496 e. The minimum atomic E-state index is -0.488. The first-order valence-electron chi connectivity index (χ1n) is 8.57. The summed E-state index contributed by atoms with van der Waals surface area (Å²) in [7, 11) is 6.65. The predicted octanol–water partition coefficient (Wildman–Crippen LogP) is 2.39. The summed E-state index contributed by atoms with van der Waals surface area (Å²) < 4.78 is 10.6. The van der Waals surface area contributed by atoms with E-state index in [1.165, 1.54) is 0 Å². The quantitative estimate of drug-likeness (QED) is 0.857. The van der Waals surface area contributed by atoms with Crippen LogP contribution < -0.4 is 14.8 Å². The van der Waals surface area contributed by atoms with E-state index in [4.69, 9.17) is 9.47 Å². The molecule has 0 atom stereocenters. The Morgan fingerprint density at radius 3 is 2.08 bits per heavy atom. The molecule has 6 heteroatoms. The highest BCUT2D eigenvalue weighted by Crippen LogP contribution is 2.39. The van der Waals surface area contributed by atoms with Crippen LogP contribution in [0.15, 0.2) is 12.1 Å². The van der Waals surface area contributed by atoms with Crippen LogP contribution in [-0.4, -0.2) is 51.6 Å². The summed E-state index contributed by atoms with van der Waals surface area (Å²) in [4.78, 5) is 26.9. The molecule has 0 heterocycles. The maximum absolute atomic E-state index is 12.6. The third kappa shape index (κ3) is 3.89. The summed E-state index contributed by atoms with van der Waals surface area (Å²) in [5.74, 6) is 1.06. The van der Waals surface area contributed by atoms with Crippen molar-refractivity contribution < 1.29 is 19.1 Å². The van der Waals surface area contributed by atoms with Crippen LogP contribution in [0, 0.1) is 12.3 Å². The lowest BCUT2D eigenvalue weighted by Gasteiger charge is -2.30. The van der Waals surface area contributed by atoms with E-state index >= 15 is 0 Å². The molecule has 2 amide bonds. The Hall–Kier alpha value is -2.24. The van der Waals surface area contributed by atoms with Crippen molar-refractivity contribution in [3.63, 3.8) is 0 Å². The van der Waals surface area contributed by atoms with E-state index in [-0.39, 0.29) is 11.8 Å². The van der Waals surface area contributed by atoms with Crippen LogP contribution in [0.2, 0.25) is 0 Å². The lowest BCUT2D eigenvalue weighted by atomic mass is 9.84. The average Bonchev–Trinajstić information content (AvgIpc) is 3.09. The molecule has 0 aromatic heterocycles. The van der Waals surface area contributed by atoms with Gasteiger partial charge in [0.05, 0.1) is 19.6 Å². The zero-order valence-electron chi connectivity index (χ0n) is 15.8. The first-order valence-corrected chi connectivity index (χ1v) is 8.57. The fourth-order valence-electron chi connectivity index (χ4n) is 3.56. The second-order valence-electron chi connectivity index (χ2n) is 6.88. The molecule has 2 rings (SSSR count). The van der Waals surface area contributed by atoms with E-state index in [0.717, 1.165) is 31.2 Å². The number of rotatable bonds is 6. The van der Waals surface area contributed by atoms with Crippen LogP contribution in [0.1, 0.15) is 41.6 Å². The highest BCUT2D eigenvalue weighted by molar-refractivity contribution is 5.96. The van der Waals surface area contributed by atoms with Gasteiger partial charge in [0.1, 0.15) is 11.5 Å². The number of nitrogens with one attached hydrogen (secondary N) is 1. The van der Waals surface area contributed by atoms with E-state index < -0.39 is 5.41 Å². The van der Waals surface area contributed by atoms with Crippen molar-refractivity contribution in [1.29, 1.82) is 0 Å². The van der Waals surface area contributed by atoms with Gasteiger partial charge in [0.2, 0.25) is 5.91 Å². The Morgan fingerprint density at radius 2 is 1.64 bits per heavy atom. The van der Waals surface area contributed by atoms with Crippen molar-refractivity contribution in [1.82, 2.24) is 10.2 Å². The van der Waals surface area contributed by atoms with Gasteiger partial charge in [-0.3, -0.25) is 9.59 Å². The van der Waals surface area contributed by atoms with Gasteiger partial charge in [-0.15, -0.1) is 0 Å². The lowest BCUT2D eigenvalue weighted by molar-refractivity contribution is -0.138. The molecule has 1 N–H and O–H groups in total. The SMILES string of the molecule is COc1cc(C(=O)NCC2(C(=O)N(C)C)CCCC2)cc(OC)c1C. The van der Waals surface area contributed by atoms with Crippen LogP contribution >= 0.6 is 0 Å². The van der Waals surface area contributed by atoms with E-state index in [0.29, 0.717) is 23.6 Å². The Balaban J connectivity index is 2.18. The van der Waals surface area contributed by atoms with Crippen molar-refractivity contribution >= 4 is 11.8 Å². The Morgan fingerprint density at radius 1 is 1.12 bits per heavy atom. The molecule has 0 saturated heterocycles. The van der Waals surface area contributed by atoms with Crippen LogP contribution in [0.3, 0.4) is 0 Å². The molecule has 1 aromatic carbocycles. The highest BCUT2D eigenvalue weighted by atomic mass is 16.5. The molecule has 1 aliphatic rings. The fourth-order valence-corrected chi connectivity index (χ4v) is 3.56. The van der Waals surface area contributed by atoms with Gasteiger partial charge >= 0.3 is 0 Å². The molecule has 25 heavy (non-hydrogen) atoms. The molecule has 0 spiro atoms. The maximum Gasteiger partial charge on any atom is 0.251 e. The molecule has 0 bridgehead atoms. The Bertz CT molecular complexity index is 624. The molecule has 6 nitrogen and oxygen atoms in total. The van der Waals surface area contributed by atoms with Gasteiger partial charge in [0, 0.05) is 31.8 Å². The van der Waals surface area contributed by atoms with E-state index in [1.54, 1.807) is 45.3 Å². The normalized spacial score (nSPS) is 15.6. The molecule has 1 saturated carbocycles. The van der Waals surface area contributed by atoms with Crippen molar-refractivity contribution in [2.45, 2.75) is 32.6 Å². The molecule has 1 aliphatic carbocycles. The molecular formula is C19H28N2O4. The van der Waals surface area contributed by atoms with Crippen molar-refractivity contribution in [2.75, 3.05) is 34.9 Å². The Kier molecular flexibility index (Phi) is 5.93. The van der Waals surface area contributed by atoms with Gasteiger partial charge in [0.15, 0.2) is 0 Å². The number of carbonyl (C=O) groups excluding carboxylic acids is 2. The van der Waals surface area contributed by atoms with Gasteiger partial charge in [-0.25, -0.2) is 0 Å². The van der Waals surface area contributed by atoms with Crippen LogP contribution in [-0.2, 0) is 4.79 Å². The predicted molar refractivity (Wildman–Crippen MR) is 96.2 cm³/mol. The third-order valence-corrected chi connectivity index (χ3v) is 5.02. The zero-order chi connectivity index (χ0) is 18.6. The number of ether oxygens (including phenoxy) is 2. The number of nitrogens with zero attached hydrogens (tertiary/aromatic N) is 1. The topological polar surface area (TPSA) is 67.9 Å². The van der Waals surface area contributed by atoms with Crippen molar-refractivity contribution in [2.24, 2.45) is 5.41 Å². The minimum Gasteiger partial charge on any atom is -0.496 e. The number of methoxy groups -OCH3 is 2. The standard InChI is InChI=1S/C19H28N2O4/c1-13-15(24-4)10-14(11-16(13)25-5)17(22)20-12-19(8-6-7-9-19)18(23)21(2)3/h10-11H,6-9,12H2,1-5H3,(H,20,22). The van der Waals surface area contributed by atoms with E-state index in [2.05, 4.69) is 5.32 Å². The summed E-state index contributed by atoms with van der Waals surface area (Å²) in [6, 6.07) is 3.39. The summed E-state index contributed by atoms with van der Waals surface area (Å²) in [5, 5.41) is 2.94. The van der Waals surface area contributed by atoms with Crippen LogP contribution in [0.5, 0.6) is 11.5 Å². The summed E-state index contributed by atoms with van der Waals surface area (Å²) in [6.45, 7) is 2.23. The summed E-state index contributed by atoms with van der Waals surface area (Å²) >= 11 is 0. The molecule has 0 radical (unpaired) electrons. The number of hydrogen-bond donors (Lipinski definition) is 1. The van der Waals surface area contributed by atoms with Gasteiger partial charge in [-0.2, -0.15) is 0 Å². The van der Waals surface area contributed by atoms with Crippen molar-refractivity contribution in [3.8, 4) is 11.5 Å². The summed E-state index contributed by atoms with van der Waals surface area (Å²) in [5.41, 5.74) is 0.819. The van der Waals surface area contributed by atoms with Gasteiger partial charge in [-0.1, -0.05) is 12.8 Å². The van der Waals surface area contributed by atoms with Gasteiger partial charge in [-0.05, 0) is 31.9 Å². The second kappa shape index (κ2) is 7.76. The lowest BCUT2D eigenvalue weighted by Crippen LogP contribution is -2.46. The highest BCUT2D eigenvalue weighted by Gasteiger charge is 2.42. The monoisotopic (exact) mass is 348 g/mol. The van der Waals surface area contributed by atoms with Gasteiger partial charge in [0.25, 0.3) is 5.91 Å². The minimum absolute atomic E-state index is 0.0874. The number of benzene rings is 1. The van der Waals surface area contributed by atoms with Crippen LogP contribution in [0.4, 0.5) is 0 Å². The van der Waals surface area contributed by atoms with Gasteiger partial charge < -0.3 is 19.7 Å². The first-order chi connectivity index (χ1) is 11.8. The maximum atomic E-state index is 12.6. The fraction of sp³-hybridized carbons (Fsp3) is 0.579. The molecule has 138 valence electrons. The summed E-state index contributed by atoms with van der Waals surface area (Å²) in [6.07, 6.45) is 3.65.